The summed E-state index contributed by atoms with van der Waals surface area (Å²) in [5.74, 6) is 1.18. The normalized spacial score (nSPS) is 20.2. The van der Waals surface area contributed by atoms with E-state index in [0.717, 1.165) is 24.0 Å². The lowest BCUT2D eigenvalue weighted by molar-refractivity contribution is -0.122. The molecular weight excluding hydrogens is 250 g/mol. The Bertz CT molecular complexity index is 419. The monoisotopic (exact) mass is 269 g/mol. The highest BCUT2D eigenvalue weighted by Gasteiger charge is 2.30. The summed E-state index contributed by atoms with van der Waals surface area (Å²) in [6.07, 6.45) is 0. The van der Waals surface area contributed by atoms with Crippen LogP contribution in [0.5, 0.6) is 0 Å². The van der Waals surface area contributed by atoms with Crippen LogP contribution in [-0.4, -0.2) is 48.0 Å². The molecule has 1 aromatic heterocycles. The molecule has 1 aliphatic rings. The van der Waals surface area contributed by atoms with Crippen LogP contribution in [0.1, 0.15) is 25.6 Å². The lowest BCUT2D eigenvalue weighted by atomic mass is 10.2. The van der Waals surface area contributed by atoms with E-state index in [9.17, 15) is 4.79 Å². The highest BCUT2D eigenvalue weighted by molar-refractivity contribution is 7.09. The molecular formula is C11H19N5OS. The third-order valence-electron chi connectivity index (χ3n) is 2.99. The van der Waals surface area contributed by atoms with E-state index in [1.165, 1.54) is 11.5 Å². The van der Waals surface area contributed by atoms with Gasteiger partial charge in [-0.15, -0.1) is 0 Å². The quantitative estimate of drug-likeness (QED) is 0.819. The van der Waals surface area contributed by atoms with Gasteiger partial charge in [-0.2, -0.15) is 4.37 Å². The van der Waals surface area contributed by atoms with E-state index < -0.39 is 0 Å². The van der Waals surface area contributed by atoms with Gasteiger partial charge in [-0.25, -0.2) is 4.98 Å². The Kier molecular flexibility index (Phi) is 4.13. The number of rotatable bonds is 3. The molecule has 2 heterocycles. The van der Waals surface area contributed by atoms with Crippen molar-refractivity contribution in [1.82, 2.24) is 20.0 Å². The molecule has 1 unspecified atom stereocenters. The summed E-state index contributed by atoms with van der Waals surface area (Å²) in [5, 5.41) is 6.77. The second-order valence-electron chi connectivity index (χ2n) is 4.62. The third kappa shape index (κ3) is 2.62. The lowest BCUT2D eigenvalue weighted by Gasteiger charge is -2.34. The highest BCUT2D eigenvalue weighted by atomic mass is 32.1. The molecule has 1 aromatic rings. The van der Waals surface area contributed by atoms with Gasteiger partial charge >= 0.3 is 0 Å². The summed E-state index contributed by atoms with van der Waals surface area (Å²) in [7, 11) is 1.66. The van der Waals surface area contributed by atoms with E-state index in [2.05, 4.69) is 33.8 Å². The summed E-state index contributed by atoms with van der Waals surface area (Å²) in [6, 6.07) is -0.197. The van der Waals surface area contributed by atoms with Gasteiger partial charge in [-0.3, -0.25) is 4.79 Å². The van der Waals surface area contributed by atoms with E-state index >= 15 is 0 Å². The van der Waals surface area contributed by atoms with Gasteiger partial charge in [0.25, 0.3) is 0 Å². The summed E-state index contributed by atoms with van der Waals surface area (Å²) in [4.78, 5) is 18.4. The number of anilines is 1. The Morgan fingerprint density at radius 3 is 3.00 bits per heavy atom. The minimum Gasteiger partial charge on any atom is -0.357 e. The fraction of sp³-hybridized carbons (Fsp3) is 0.727. The molecule has 6 nitrogen and oxygen atoms in total. The topological polar surface area (TPSA) is 70.2 Å². The molecule has 18 heavy (non-hydrogen) atoms. The van der Waals surface area contributed by atoms with Crippen LogP contribution < -0.4 is 15.5 Å². The van der Waals surface area contributed by atoms with Crippen molar-refractivity contribution in [2.24, 2.45) is 0 Å². The van der Waals surface area contributed by atoms with E-state index in [1.54, 1.807) is 7.05 Å². The first kappa shape index (κ1) is 13.2. The predicted octanol–water partition coefficient (Wildman–Crippen LogP) is 0.186. The van der Waals surface area contributed by atoms with Gasteiger partial charge in [0.15, 0.2) is 0 Å². The Morgan fingerprint density at radius 2 is 2.39 bits per heavy atom. The molecule has 0 aliphatic carbocycles. The van der Waals surface area contributed by atoms with E-state index in [0.29, 0.717) is 12.5 Å². The standard InChI is InChI=1S/C11H19N5OS/c1-7(2)9-14-11(18-15-9)16-5-4-13-6-8(16)10(17)12-3/h7-8,13H,4-6H2,1-3H3,(H,12,17). The Labute approximate surface area is 111 Å². The summed E-state index contributed by atoms with van der Waals surface area (Å²) in [5.41, 5.74) is 0. The van der Waals surface area contributed by atoms with E-state index in [1.807, 2.05) is 4.90 Å². The number of likely N-dealkylation sites (N-methyl/N-ethyl adjacent to an activating group) is 1. The summed E-state index contributed by atoms with van der Waals surface area (Å²) >= 11 is 1.37. The number of carbonyl (C=O) groups excluding carboxylic acids is 1. The number of hydrogen-bond acceptors (Lipinski definition) is 6. The van der Waals surface area contributed by atoms with Gasteiger partial charge in [-0.1, -0.05) is 13.8 Å². The second kappa shape index (κ2) is 5.62. The fourth-order valence-corrected chi connectivity index (χ4v) is 2.80. The molecule has 0 aromatic carbocycles. The first-order chi connectivity index (χ1) is 8.63. The Morgan fingerprint density at radius 1 is 1.61 bits per heavy atom. The van der Waals surface area contributed by atoms with Crippen LogP contribution in [-0.2, 0) is 4.79 Å². The van der Waals surface area contributed by atoms with E-state index in [4.69, 9.17) is 0 Å². The number of aromatic nitrogens is 2. The van der Waals surface area contributed by atoms with Gasteiger partial charge in [0.1, 0.15) is 11.9 Å². The molecule has 0 saturated carbocycles. The van der Waals surface area contributed by atoms with Gasteiger partial charge in [-0.05, 0) is 0 Å². The number of carbonyl (C=O) groups is 1. The van der Waals surface area contributed by atoms with Crippen molar-refractivity contribution in [2.45, 2.75) is 25.8 Å². The van der Waals surface area contributed by atoms with Crippen LogP contribution in [0.2, 0.25) is 0 Å². The third-order valence-corrected chi connectivity index (χ3v) is 3.75. The second-order valence-corrected chi connectivity index (χ2v) is 5.35. The molecule has 1 atom stereocenters. The van der Waals surface area contributed by atoms with Crippen molar-refractivity contribution >= 4 is 22.6 Å². The summed E-state index contributed by atoms with van der Waals surface area (Å²) in [6.45, 7) is 6.44. The minimum atomic E-state index is -0.197. The molecule has 1 fully saturated rings. The van der Waals surface area contributed by atoms with Gasteiger partial charge in [0, 0.05) is 44.1 Å². The smallest absolute Gasteiger partial charge is 0.243 e. The van der Waals surface area contributed by atoms with Crippen molar-refractivity contribution in [1.29, 1.82) is 0 Å². The van der Waals surface area contributed by atoms with Crippen LogP contribution >= 0.6 is 11.5 Å². The fourth-order valence-electron chi connectivity index (χ4n) is 1.91. The zero-order chi connectivity index (χ0) is 13.1. The number of piperazine rings is 1. The number of nitrogens with zero attached hydrogens (tertiary/aromatic N) is 3. The van der Waals surface area contributed by atoms with Gasteiger partial charge < -0.3 is 15.5 Å². The van der Waals surface area contributed by atoms with Crippen molar-refractivity contribution in [3.05, 3.63) is 5.82 Å². The van der Waals surface area contributed by atoms with E-state index in [-0.39, 0.29) is 11.9 Å². The molecule has 0 radical (unpaired) electrons. The SMILES string of the molecule is CNC(=O)C1CNCCN1c1nc(C(C)C)ns1. The molecule has 0 spiro atoms. The minimum absolute atomic E-state index is 0.0171. The average molecular weight is 269 g/mol. The van der Waals surface area contributed by atoms with Crippen molar-refractivity contribution in [2.75, 3.05) is 31.6 Å². The van der Waals surface area contributed by atoms with Gasteiger partial charge in [0.2, 0.25) is 11.0 Å². The zero-order valence-corrected chi connectivity index (χ0v) is 11.8. The predicted molar refractivity (Wildman–Crippen MR) is 72.1 cm³/mol. The zero-order valence-electron chi connectivity index (χ0n) is 10.9. The molecule has 1 amide bonds. The van der Waals surface area contributed by atoms with Crippen LogP contribution in [0.3, 0.4) is 0 Å². The first-order valence-corrected chi connectivity index (χ1v) is 6.93. The highest BCUT2D eigenvalue weighted by Crippen LogP contribution is 2.23. The lowest BCUT2D eigenvalue weighted by Crippen LogP contribution is -2.57. The average Bonchev–Trinajstić information content (AvgIpc) is 2.87. The van der Waals surface area contributed by atoms with Crippen LogP contribution in [0.15, 0.2) is 0 Å². The van der Waals surface area contributed by atoms with Gasteiger partial charge in [0.05, 0.1) is 0 Å². The molecule has 2 rings (SSSR count). The molecule has 0 bridgehead atoms. The van der Waals surface area contributed by atoms with Crippen LogP contribution in [0, 0.1) is 0 Å². The number of hydrogen-bond donors (Lipinski definition) is 2. The Hall–Kier alpha value is -1.21. The molecule has 7 heteroatoms. The van der Waals surface area contributed by atoms with Crippen LogP contribution in [0.25, 0.3) is 0 Å². The summed E-state index contributed by atoms with van der Waals surface area (Å²) < 4.78 is 4.35. The van der Waals surface area contributed by atoms with Crippen LogP contribution in [0.4, 0.5) is 5.13 Å². The Balaban J connectivity index is 2.19. The maximum absolute atomic E-state index is 11.9. The molecule has 1 saturated heterocycles. The maximum atomic E-state index is 11.9. The van der Waals surface area contributed by atoms with Crippen molar-refractivity contribution in [3.8, 4) is 0 Å². The largest absolute Gasteiger partial charge is 0.357 e. The number of amides is 1. The first-order valence-electron chi connectivity index (χ1n) is 6.16. The molecule has 100 valence electrons. The molecule has 1 aliphatic heterocycles. The van der Waals surface area contributed by atoms with Crippen molar-refractivity contribution < 1.29 is 4.79 Å². The number of nitrogens with one attached hydrogen (secondary N) is 2. The van der Waals surface area contributed by atoms with Crippen molar-refractivity contribution in [3.63, 3.8) is 0 Å². The molecule has 2 N–H and O–H groups in total. The maximum Gasteiger partial charge on any atom is 0.243 e.